The van der Waals surface area contributed by atoms with Crippen molar-refractivity contribution in [2.24, 2.45) is 0 Å². The van der Waals surface area contributed by atoms with Crippen LogP contribution in [0.2, 0.25) is 0 Å². The maximum absolute atomic E-state index is 2.33. The van der Waals surface area contributed by atoms with Crippen LogP contribution in [-0.4, -0.2) is 37.0 Å². The first-order valence-corrected chi connectivity index (χ1v) is 19.4. The first kappa shape index (κ1) is 25.0. The third-order valence-electron chi connectivity index (χ3n) is 2.68. The first-order valence-electron chi connectivity index (χ1n) is 6.38. The SMILES string of the molecule is CCP(CC)CC.CCP(CC)CC.[I][Pd][I]. The van der Waals surface area contributed by atoms with Gasteiger partial charge in [-0.1, -0.05) is 41.5 Å². The molecule has 0 unspecified atom stereocenters. The summed E-state index contributed by atoms with van der Waals surface area (Å²) >= 11 is 4.65. The summed E-state index contributed by atoms with van der Waals surface area (Å²) in [4.78, 5) is 0. The molecule has 0 aromatic heterocycles. The van der Waals surface area contributed by atoms with Gasteiger partial charge in [0.25, 0.3) is 0 Å². The van der Waals surface area contributed by atoms with E-state index in [9.17, 15) is 0 Å². The van der Waals surface area contributed by atoms with Crippen LogP contribution in [0.1, 0.15) is 41.5 Å². The molecule has 0 N–H and O–H groups in total. The fourth-order valence-electron chi connectivity index (χ4n) is 1.34. The Morgan fingerprint density at radius 2 is 0.706 bits per heavy atom. The summed E-state index contributed by atoms with van der Waals surface area (Å²) in [5.74, 6) is 0. The average molecular weight is 597 g/mol. The molecular weight excluding hydrogens is 566 g/mol. The summed E-state index contributed by atoms with van der Waals surface area (Å²) in [7, 11) is 1.78. The van der Waals surface area contributed by atoms with Crippen LogP contribution in [-0.2, 0) is 10.8 Å². The minimum atomic E-state index is 0.446. The Balaban J connectivity index is -0.000000188. The van der Waals surface area contributed by atoms with Gasteiger partial charge in [-0.05, 0) is 37.0 Å². The van der Waals surface area contributed by atoms with Crippen LogP contribution in [0.25, 0.3) is 0 Å². The molecule has 0 amide bonds. The van der Waals surface area contributed by atoms with Crippen molar-refractivity contribution in [3.63, 3.8) is 0 Å². The molecule has 0 atom stereocenters. The van der Waals surface area contributed by atoms with Crippen LogP contribution in [0, 0.1) is 0 Å². The molecule has 0 aliphatic heterocycles. The summed E-state index contributed by atoms with van der Waals surface area (Å²) in [5, 5.41) is 0. The van der Waals surface area contributed by atoms with Crippen LogP contribution in [0.5, 0.6) is 0 Å². The topological polar surface area (TPSA) is 0 Å². The van der Waals surface area contributed by atoms with Crippen molar-refractivity contribution in [3.05, 3.63) is 0 Å². The van der Waals surface area contributed by atoms with Crippen LogP contribution in [0.3, 0.4) is 0 Å². The second-order valence-electron chi connectivity index (χ2n) is 3.28. The van der Waals surface area contributed by atoms with Gasteiger partial charge in [0.05, 0.1) is 0 Å². The van der Waals surface area contributed by atoms with Crippen molar-refractivity contribution < 1.29 is 10.8 Å². The van der Waals surface area contributed by atoms with Gasteiger partial charge >= 0.3 is 49.8 Å². The van der Waals surface area contributed by atoms with Gasteiger partial charge in [-0.15, -0.1) is 15.8 Å². The average Bonchev–Trinajstić information content (AvgIpc) is 2.35. The Morgan fingerprint density at radius 3 is 0.706 bits per heavy atom. The van der Waals surface area contributed by atoms with E-state index in [1.165, 1.54) is 37.0 Å². The molecular formula is C12H30I2P2Pd. The van der Waals surface area contributed by atoms with Crippen LogP contribution < -0.4 is 0 Å². The van der Waals surface area contributed by atoms with Crippen LogP contribution in [0.4, 0.5) is 0 Å². The molecule has 0 aromatic rings. The molecule has 0 nitrogen and oxygen atoms in total. The molecule has 0 bridgehead atoms. The minimum absolute atomic E-state index is 0.446. The van der Waals surface area contributed by atoms with Crippen molar-refractivity contribution in [1.29, 1.82) is 0 Å². The van der Waals surface area contributed by atoms with Gasteiger partial charge in [-0.2, -0.15) is 0 Å². The molecule has 0 aliphatic carbocycles. The predicted octanol–water partition coefficient (Wildman–Crippen LogP) is 6.82. The zero-order chi connectivity index (χ0) is 14.1. The molecule has 0 fully saturated rings. The molecule has 0 aliphatic rings. The molecule has 0 aromatic carbocycles. The molecule has 5 heteroatoms. The van der Waals surface area contributed by atoms with E-state index in [2.05, 4.69) is 80.6 Å². The molecule has 0 spiro atoms. The van der Waals surface area contributed by atoms with Gasteiger partial charge in [0.1, 0.15) is 0 Å². The molecule has 0 rings (SSSR count). The Hall–Kier alpha value is 2.98. The van der Waals surface area contributed by atoms with E-state index < -0.39 is 0 Å². The summed E-state index contributed by atoms with van der Waals surface area (Å²) in [6, 6.07) is 0. The van der Waals surface area contributed by atoms with Crippen LogP contribution in [0.15, 0.2) is 0 Å². The third kappa shape index (κ3) is 24.4. The Kier molecular flexibility index (Phi) is 35.3. The summed E-state index contributed by atoms with van der Waals surface area (Å²) in [6.07, 6.45) is 8.51. The van der Waals surface area contributed by atoms with Crippen molar-refractivity contribution in [2.45, 2.75) is 41.5 Å². The molecule has 0 saturated heterocycles. The van der Waals surface area contributed by atoms with E-state index >= 15 is 0 Å². The van der Waals surface area contributed by atoms with Crippen molar-refractivity contribution >= 4 is 54.9 Å². The van der Waals surface area contributed by atoms with Crippen molar-refractivity contribution in [2.75, 3.05) is 37.0 Å². The number of halogens is 2. The van der Waals surface area contributed by atoms with Gasteiger partial charge in [0, 0.05) is 0 Å². The number of hydrogen-bond acceptors (Lipinski definition) is 0. The molecule has 0 saturated carbocycles. The third-order valence-corrected chi connectivity index (χ3v) is 8.05. The van der Waals surface area contributed by atoms with E-state index in [-0.39, 0.29) is 0 Å². The predicted molar refractivity (Wildman–Crippen MR) is 105 cm³/mol. The molecule has 0 heterocycles. The molecule has 17 heavy (non-hydrogen) atoms. The molecule has 112 valence electrons. The van der Waals surface area contributed by atoms with Gasteiger partial charge in [0.15, 0.2) is 0 Å². The fourth-order valence-corrected chi connectivity index (χ4v) is 4.02. The monoisotopic (exact) mass is 596 g/mol. The second-order valence-corrected chi connectivity index (χ2v) is 21.7. The van der Waals surface area contributed by atoms with E-state index in [1.54, 1.807) is 0 Å². The summed E-state index contributed by atoms with van der Waals surface area (Å²) in [6.45, 7) is 13.7. The second kappa shape index (κ2) is 24.0. The Labute approximate surface area is 142 Å². The Morgan fingerprint density at radius 1 is 0.588 bits per heavy atom. The van der Waals surface area contributed by atoms with Gasteiger partial charge < -0.3 is 0 Å². The zero-order valence-electron chi connectivity index (χ0n) is 12.2. The summed E-state index contributed by atoms with van der Waals surface area (Å²) < 4.78 is 0. The van der Waals surface area contributed by atoms with E-state index in [0.717, 1.165) is 10.8 Å². The van der Waals surface area contributed by atoms with Crippen molar-refractivity contribution in [3.8, 4) is 0 Å². The molecule has 0 radical (unpaired) electrons. The Bertz CT molecular complexity index is 87.7. The van der Waals surface area contributed by atoms with Crippen molar-refractivity contribution in [1.82, 2.24) is 0 Å². The standard InChI is InChI=1S/2C6H15P.2HI.Pd/c2*1-4-7(5-2)6-3;;;/h2*4-6H2,1-3H3;2*1H;/q;;;;+2/p-2. The fraction of sp³-hybridized carbons (Fsp3) is 1.00. The van der Waals surface area contributed by atoms with E-state index in [0.29, 0.717) is 15.8 Å². The maximum atomic E-state index is 2.33. The van der Waals surface area contributed by atoms with Gasteiger partial charge in [-0.3, -0.25) is 0 Å². The summed E-state index contributed by atoms with van der Waals surface area (Å²) in [5.41, 5.74) is 0. The van der Waals surface area contributed by atoms with E-state index in [1.807, 2.05) is 0 Å². The first-order chi connectivity index (χ1) is 8.11. The van der Waals surface area contributed by atoms with E-state index in [4.69, 9.17) is 0 Å². The van der Waals surface area contributed by atoms with Gasteiger partial charge in [0.2, 0.25) is 0 Å². The van der Waals surface area contributed by atoms with Crippen LogP contribution >= 0.6 is 54.9 Å². The zero-order valence-corrected chi connectivity index (χ0v) is 19.9. The number of hydrogen-bond donors (Lipinski definition) is 0. The quantitative estimate of drug-likeness (QED) is 0.179. The van der Waals surface area contributed by atoms with Gasteiger partial charge in [-0.25, -0.2) is 0 Å². The normalized spacial score (nSPS) is 9.76. The number of rotatable bonds is 6.